The van der Waals surface area contributed by atoms with Gasteiger partial charge < -0.3 is 5.32 Å². The van der Waals surface area contributed by atoms with Crippen molar-refractivity contribution in [2.45, 2.75) is 106 Å². The fourth-order valence-corrected chi connectivity index (χ4v) is 4.83. The minimum atomic E-state index is -0.620. The van der Waals surface area contributed by atoms with E-state index in [9.17, 15) is 14.4 Å². The highest BCUT2D eigenvalue weighted by molar-refractivity contribution is 6.06. The molecule has 0 radical (unpaired) electrons. The number of Topliss-reactive ketones (excluding diaryl/α,β-unsaturated/α-hetero) is 2. The van der Waals surface area contributed by atoms with Gasteiger partial charge in [0, 0.05) is 12.8 Å². The summed E-state index contributed by atoms with van der Waals surface area (Å²) in [7, 11) is 0. The summed E-state index contributed by atoms with van der Waals surface area (Å²) >= 11 is 0. The van der Waals surface area contributed by atoms with Crippen LogP contribution in [0.15, 0.2) is 0 Å². The first-order valence-electron chi connectivity index (χ1n) is 11.1. The van der Waals surface area contributed by atoms with Gasteiger partial charge in [-0.3, -0.25) is 14.4 Å². The Morgan fingerprint density at radius 3 is 2.11 bits per heavy atom. The van der Waals surface area contributed by atoms with Crippen LogP contribution in [0, 0.1) is 28.6 Å². The van der Waals surface area contributed by atoms with Crippen molar-refractivity contribution in [2.75, 3.05) is 0 Å². The molecule has 0 aromatic rings. The molecule has 0 aromatic carbocycles. The van der Waals surface area contributed by atoms with E-state index in [-0.39, 0.29) is 40.1 Å². The number of hydrogen-bond acceptors (Lipinski definition) is 3. The molecule has 1 heterocycles. The molecule has 0 bridgehead atoms. The molecular weight excluding hydrogens is 350 g/mol. The van der Waals surface area contributed by atoms with E-state index < -0.39 is 12.0 Å². The first-order valence-corrected chi connectivity index (χ1v) is 11.1. The predicted molar refractivity (Wildman–Crippen MR) is 115 cm³/mol. The van der Waals surface area contributed by atoms with Crippen molar-refractivity contribution < 1.29 is 14.4 Å². The summed E-state index contributed by atoms with van der Waals surface area (Å²) in [4.78, 5) is 38.7. The Bertz CT molecular complexity index is 553. The summed E-state index contributed by atoms with van der Waals surface area (Å²) in [5.74, 6) is -0.482. The molecule has 1 N–H and O–H groups in total. The SMILES string of the molecule is CC(CC(=O)C(C(=O)C1CCCCC(=O)N1)C(C)CC(C)(C)C)CC(C)(C)C. The second kappa shape index (κ2) is 10.0. The Balaban J connectivity index is 3.01. The average Bonchev–Trinajstić information content (AvgIpc) is 2.67. The van der Waals surface area contributed by atoms with Crippen molar-refractivity contribution in [1.82, 2.24) is 5.32 Å². The number of rotatable bonds is 8. The third-order valence-corrected chi connectivity index (χ3v) is 5.49. The van der Waals surface area contributed by atoms with Crippen LogP contribution in [0.3, 0.4) is 0 Å². The van der Waals surface area contributed by atoms with E-state index in [2.05, 4.69) is 53.8 Å². The minimum absolute atomic E-state index is 0.0259. The first-order chi connectivity index (χ1) is 12.7. The maximum Gasteiger partial charge on any atom is 0.220 e. The smallest absolute Gasteiger partial charge is 0.220 e. The maximum atomic E-state index is 13.4. The molecule has 0 aliphatic carbocycles. The van der Waals surface area contributed by atoms with Crippen LogP contribution >= 0.6 is 0 Å². The van der Waals surface area contributed by atoms with Gasteiger partial charge in [-0.15, -0.1) is 0 Å². The highest BCUT2D eigenvalue weighted by Gasteiger charge is 2.38. The molecular formula is C24H43NO3. The molecule has 0 aromatic heterocycles. The molecule has 4 atom stereocenters. The topological polar surface area (TPSA) is 63.2 Å². The molecule has 0 spiro atoms. The van der Waals surface area contributed by atoms with Gasteiger partial charge in [-0.05, 0) is 48.3 Å². The molecule has 4 nitrogen and oxygen atoms in total. The third kappa shape index (κ3) is 8.87. The van der Waals surface area contributed by atoms with E-state index in [4.69, 9.17) is 0 Å². The van der Waals surface area contributed by atoms with Crippen LogP contribution in [0.5, 0.6) is 0 Å². The standard InChI is InChI=1S/C24H43NO3/c1-16(14-23(3,4)5)13-19(26)21(17(2)15-24(6,7)8)22(28)18-11-9-10-12-20(27)25-18/h16-18,21H,9-15H2,1-8H3,(H,25,27). The molecule has 1 fully saturated rings. The van der Waals surface area contributed by atoms with Gasteiger partial charge in [0.25, 0.3) is 0 Å². The van der Waals surface area contributed by atoms with Gasteiger partial charge in [-0.25, -0.2) is 0 Å². The number of amides is 1. The van der Waals surface area contributed by atoms with Crippen LogP contribution in [-0.2, 0) is 14.4 Å². The van der Waals surface area contributed by atoms with Gasteiger partial charge >= 0.3 is 0 Å². The molecule has 1 aliphatic rings. The average molecular weight is 394 g/mol. The highest BCUT2D eigenvalue weighted by Crippen LogP contribution is 2.33. The third-order valence-electron chi connectivity index (χ3n) is 5.49. The Morgan fingerprint density at radius 1 is 1.00 bits per heavy atom. The highest BCUT2D eigenvalue weighted by atomic mass is 16.2. The molecule has 4 heteroatoms. The van der Waals surface area contributed by atoms with Crippen LogP contribution in [0.2, 0.25) is 0 Å². The lowest BCUT2D eigenvalue weighted by atomic mass is 9.73. The lowest BCUT2D eigenvalue weighted by Gasteiger charge is -2.31. The van der Waals surface area contributed by atoms with Crippen molar-refractivity contribution >= 4 is 17.5 Å². The normalized spacial score (nSPS) is 22.0. The van der Waals surface area contributed by atoms with E-state index >= 15 is 0 Å². The predicted octanol–water partition coefficient (Wildman–Crippen LogP) is 5.33. The molecule has 1 amide bonds. The number of ketones is 2. The van der Waals surface area contributed by atoms with Crippen molar-refractivity contribution in [2.24, 2.45) is 28.6 Å². The van der Waals surface area contributed by atoms with Crippen molar-refractivity contribution in [3.05, 3.63) is 0 Å². The number of carbonyl (C=O) groups excluding carboxylic acids is 3. The number of nitrogens with one attached hydrogen (secondary N) is 1. The van der Waals surface area contributed by atoms with Gasteiger partial charge in [0.05, 0.1) is 12.0 Å². The molecule has 162 valence electrons. The Labute approximate surface area is 172 Å². The number of hydrogen-bond donors (Lipinski definition) is 1. The lowest BCUT2D eigenvalue weighted by Crippen LogP contribution is -2.46. The largest absolute Gasteiger partial charge is 0.346 e. The van der Waals surface area contributed by atoms with Gasteiger partial charge in [0.2, 0.25) is 5.91 Å². The van der Waals surface area contributed by atoms with Crippen molar-refractivity contribution in [1.29, 1.82) is 0 Å². The zero-order valence-corrected chi connectivity index (χ0v) is 19.5. The molecule has 4 unspecified atom stereocenters. The quantitative estimate of drug-likeness (QED) is 0.567. The molecule has 1 rings (SSSR count). The van der Waals surface area contributed by atoms with E-state index in [1.54, 1.807) is 0 Å². The fraction of sp³-hybridized carbons (Fsp3) is 0.875. The Hall–Kier alpha value is -1.19. The monoisotopic (exact) mass is 393 g/mol. The zero-order chi connectivity index (χ0) is 21.7. The summed E-state index contributed by atoms with van der Waals surface area (Å²) in [6, 6.07) is -0.510. The minimum Gasteiger partial charge on any atom is -0.346 e. The van der Waals surface area contributed by atoms with Crippen LogP contribution in [-0.4, -0.2) is 23.5 Å². The first kappa shape index (κ1) is 24.8. The van der Waals surface area contributed by atoms with E-state index in [0.29, 0.717) is 19.3 Å². The van der Waals surface area contributed by atoms with Crippen molar-refractivity contribution in [3.63, 3.8) is 0 Å². The Kier molecular flexibility index (Phi) is 8.90. The molecule has 28 heavy (non-hydrogen) atoms. The van der Waals surface area contributed by atoms with Crippen LogP contribution in [0.25, 0.3) is 0 Å². The van der Waals surface area contributed by atoms with E-state index in [0.717, 1.165) is 25.7 Å². The number of carbonyl (C=O) groups is 3. The van der Waals surface area contributed by atoms with Crippen molar-refractivity contribution in [3.8, 4) is 0 Å². The summed E-state index contributed by atoms with van der Waals surface area (Å²) in [5.41, 5.74) is 0.202. The van der Waals surface area contributed by atoms with E-state index in [1.807, 2.05) is 6.92 Å². The van der Waals surface area contributed by atoms with Gasteiger partial charge in [0.1, 0.15) is 5.78 Å². The molecule has 1 aliphatic heterocycles. The Morgan fingerprint density at radius 2 is 1.57 bits per heavy atom. The summed E-state index contributed by atoms with van der Waals surface area (Å²) in [6.45, 7) is 17.1. The molecule has 1 saturated heterocycles. The van der Waals surface area contributed by atoms with Crippen LogP contribution in [0.4, 0.5) is 0 Å². The van der Waals surface area contributed by atoms with Gasteiger partial charge in [-0.1, -0.05) is 61.8 Å². The second-order valence-electron chi connectivity index (χ2n) is 11.5. The fourth-order valence-electron chi connectivity index (χ4n) is 4.83. The molecule has 0 saturated carbocycles. The second-order valence-corrected chi connectivity index (χ2v) is 11.5. The van der Waals surface area contributed by atoms with Crippen LogP contribution in [0.1, 0.15) is 100 Å². The lowest BCUT2D eigenvalue weighted by molar-refractivity contribution is -0.138. The zero-order valence-electron chi connectivity index (χ0n) is 19.5. The maximum absolute atomic E-state index is 13.4. The van der Waals surface area contributed by atoms with Gasteiger partial charge in [0.15, 0.2) is 5.78 Å². The summed E-state index contributed by atoms with van der Waals surface area (Å²) in [5, 5.41) is 2.88. The summed E-state index contributed by atoms with van der Waals surface area (Å²) in [6.07, 6.45) is 4.98. The van der Waals surface area contributed by atoms with E-state index in [1.165, 1.54) is 0 Å². The van der Waals surface area contributed by atoms with Gasteiger partial charge in [-0.2, -0.15) is 0 Å². The summed E-state index contributed by atoms with van der Waals surface area (Å²) < 4.78 is 0. The van der Waals surface area contributed by atoms with Crippen LogP contribution < -0.4 is 5.32 Å².